The predicted octanol–water partition coefficient (Wildman–Crippen LogP) is 1.79. The minimum absolute atomic E-state index is 0.246. The van der Waals surface area contributed by atoms with Gasteiger partial charge >= 0.3 is 0 Å². The molecule has 0 amide bonds. The molecule has 0 aliphatic carbocycles. The highest BCUT2D eigenvalue weighted by Gasteiger charge is 2.04. The fourth-order valence-electron chi connectivity index (χ4n) is 1.36. The molecule has 0 spiro atoms. The van der Waals surface area contributed by atoms with E-state index in [1.54, 1.807) is 32.4 Å². The molecule has 0 saturated heterocycles. The Kier molecular flexibility index (Phi) is 5.76. The first-order valence-electron chi connectivity index (χ1n) is 5.56. The van der Waals surface area contributed by atoms with Gasteiger partial charge in [-0.2, -0.15) is 0 Å². The molecule has 0 bridgehead atoms. The lowest BCUT2D eigenvalue weighted by Crippen LogP contribution is -2.22. The monoisotopic (exact) mass is 255 g/mol. The van der Waals surface area contributed by atoms with E-state index in [2.05, 4.69) is 10.3 Å². The normalized spacial score (nSPS) is 11.2. The fraction of sp³-hybridized carbons (Fsp3) is 0.417. The summed E-state index contributed by atoms with van der Waals surface area (Å²) in [5.74, 6) is 1.48. The fourth-order valence-corrected chi connectivity index (χ4v) is 1.36. The maximum absolute atomic E-state index is 11.9. The van der Waals surface area contributed by atoms with Gasteiger partial charge in [-0.05, 0) is 18.6 Å². The maximum atomic E-state index is 11.9. The molecule has 18 heavy (non-hydrogen) atoms. The molecule has 1 rings (SSSR count). The summed E-state index contributed by atoms with van der Waals surface area (Å²) in [4.78, 5) is 3.98. The van der Waals surface area contributed by atoms with Gasteiger partial charge in [0.2, 0.25) is 0 Å². The predicted molar refractivity (Wildman–Crippen MR) is 70.3 cm³/mol. The second-order valence-corrected chi connectivity index (χ2v) is 3.50. The van der Waals surface area contributed by atoms with Crippen LogP contribution in [0.15, 0.2) is 23.2 Å². The Morgan fingerprint density at radius 2 is 2.06 bits per heavy atom. The molecular weight excluding hydrogens is 237 g/mol. The first-order valence-corrected chi connectivity index (χ1v) is 5.56. The van der Waals surface area contributed by atoms with E-state index < -0.39 is 6.67 Å². The Labute approximate surface area is 106 Å². The van der Waals surface area contributed by atoms with Crippen molar-refractivity contribution in [2.75, 3.05) is 32.8 Å². The number of benzene rings is 1. The van der Waals surface area contributed by atoms with Gasteiger partial charge in [-0.25, -0.2) is 0 Å². The van der Waals surface area contributed by atoms with Crippen LogP contribution in [0.3, 0.4) is 0 Å². The van der Waals surface area contributed by atoms with Crippen LogP contribution in [0.25, 0.3) is 0 Å². The molecule has 1 aromatic carbocycles. The van der Waals surface area contributed by atoms with Gasteiger partial charge in [-0.1, -0.05) is 0 Å². The molecule has 0 aliphatic heterocycles. The zero-order valence-corrected chi connectivity index (χ0v) is 10.6. The Morgan fingerprint density at radius 3 is 2.67 bits per heavy atom. The lowest BCUT2D eigenvalue weighted by molar-refractivity contribution is 0.355. The third-order valence-electron chi connectivity index (χ3n) is 2.23. The number of hydrogen-bond donors (Lipinski definition) is 2. The lowest BCUT2D eigenvalue weighted by atomic mass is 10.3. The van der Waals surface area contributed by atoms with E-state index in [9.17, 15) is 4.39 Å². The van der Waals surface area contributed by atoms with E-state index >= 15 is 0 Å². The summed E-state index contributed by atoms with van der Waals surface area (Å²) in [5, 5.41) is 2.90. The second kappa shape index (κ2) is 7.37. The number of guanidine groups is 1. The second-order valence-electron chi connectivity index (χ2n) is 3.50. The first-order chi connectivity index (χ1) is 8.71. The molecule has 3 N–H and O–H groups in total. The van der Waals surface area contributed by atoms with Crippen LogP contribution in [-0.4, -0.2) is 33.4 Å². The number of rotatable bonds is 6. The smallest absolute Gasteiger partial charge is 0.193 e. The Bertz CT molecular complexity index is 410. The van der Waals surface area contributed by atoms with Crippen LogP contribution in [0, 0.1) is 0 Å². The molecule has 0 aliphatic rings. The molecule has 0 saturated carbocycles. The minimum atomic E-state index is -0.396. The number of anilines is 1. The van der Waals surface area contributed by atoms with Gasteiger partial charge in [-0.15, -0.1) is 0 Å². The molecule has 0 unspecified atom stereocenters. The topological polar surface area (TPSA) is 68.9 Å². The Morgan fingerprint density at radius 1 is 1.33 bits per heavy atom. The number of halogens is 1. The van der Waals surface area contributed by atoms with Gasteiger partial charge in [-0.3, -0.25) is 9.38 Å². The molecule has 0 heterocycles. The lowest BCUT2D eigenvalue weighted by Gasteiger charge is -2.10. The zero-order valence-electron chi connectivity index (χ0n) is 10.6. The van der Waals surface area contributed by atoms with E-state index in [1.165, 1.54) is 0 Å². The molecular formula is C12H18FN3O2. The van der Waals surface area contributed by atoms with Gasteiger partial charge in [0.25, 0.3) is 0 Å². The van der Waals surface area contributed by atoms with Crippen LogP contribution in [-0.2, 0) is 0 Å². The number of aliphatic imine (C=N–C) groups is 1. The van der Waals surface area contributed by atoms with Crippen LogP contribution in [0.5, 0.6) is 11.5 Å². The van der Waals surface area contributed by atoms with E-state index in [-0.39, 0.29) is 5.96 Å². The van der Waals surface area contributed by atoms with E-state index in [4.69, 9.17) is 15.2 Å². The standard InChI is InChI=1S/C12H18FN3O2/c1-17-10-5-4-9(8-11(10)18-2)16-12(14)15-7-3-6-13/h4-5,8H,3,6-7H2,1-2H3,(H3,14,15,16). The van der Waals surface area contributed by atoms with Crippen LogP contribution in [0.1, 0.15) is 6.42 Å². The van der Waals surface area contributed by atoms with Crippen molar-refractivity contribution >= 4 is 11.6 Å². The van der Waals surface area contributed by atoms with Crippen molar-refractivity contribution in [3.8, 4) is 11.5 Å². The molecule has 100 valence electrons. The largest absolute Gasteiger partial charge is 0.493 e. The van der Waals surface area contributed by atoms with Crippen LogP contribution in [0.2, 0.25) is 0 Å². The number of methoxy groups -OCH3 is 2. The summed E-state index contributed by atoms with van der Waals surface area (Å²) in [6.45, 7) is -0.0320. The Hall–Kier alpha value is -1.98. The van der Waals surface area contributed by atoms with Crippen molar-refractivity contribution in [1.82, 2.24) is 0 Å². The van der Waals surface area contributed by atoms with Crippen molar-refractivity contribution in [3.05, 3.63) is 18.2 Å². The van der Waals surface area contributed by atoms with Crippen LogP contribution in [0.4, 0.5) is 10.1 Å². The van der Waals surface area contributed by atoms with Crippen molar-refractivity contribution in [2.45, 2.75) is 6.42 Å². The third kappa shape index (κ3) is 4.12. The van der Waals surface area contributed by atoms with Crippen molar-refractivity contribution < 1.29 is 13.9 Å². The van der Waals surface area contributed by atoms with Crippen LogP contribution < -0.4 is 20.5 Å². The molecule has 0 atom stereocenters. The molecule has 0 fully saturated rings. The van der Waals surface area contributed by atoms with Gasteiger partial charge in [0.05, 0.1) is 20.9 Å². The minimum Gasteiger partial charge on any atom is -0.493 e. The van der Waals surface area contributed by atoms with Gasteiger partial charge < -0.3 is 20.5 Å². The highest BCUT2D eigenvalue weighted by atomic mass is 19.1. The summed E-state index contributed by atoms with van der Waals surface area (Å²) < 4.78 is 22.2. The van der Waals surface area contributed by atoms with E-state index in [0.717, 1.165) is 5.69 Å². The molecule has 1 aromatic rings. The number of ether oxygens (including phenoxy) is 2. The zero-order chi connectivity index (χ0) is 13.4. The van der Waals surface area contributed by atoms with Crippen LogP contribution >= 0.6 is 0 Å². The summed E-state index contributed by atoms with van der Waals surface area (Å²) in [7, 11) is 3.12. The average Bonchev–Trinajstić information content (AvgIpc) is 2.39. The SMILES string of the molecule is COc1ccc(NC(N)=NCCCF)cc1OC. The average molecular weight is 255 g/mol. The number of nitrogens with two attached hydrogens (primary N) is 1. The highest BCUT2D eigenvalue weighted by molar-refractivity contribution is 5.92. The van der Waals surface area contributed by atoms with Gasteiger partial charge in [0.1, 0.15) is 0 Å². The third-order valence-corrected chi connectivity index (χ3v) is 2.23. The van der Waals surface area contributed by atoms with Crippen molar-refractivity contribution in [1.29, 1.82) is 0 Å². The number of alkyl halides is 1. The maximum Gasteiger partial charge on any atom is 0.193 e. The summed E-state index contributed by atoms with van der Waals surface area (Å²) in [6, 6.07) is 5.30. The first kappa shape index (κ1) is 14.1. The van der Waals surface area contributed by atoms with E-state index in [1.807, 2.05) is 0 Å². The highest BCUT2D eigenvalue weighted by Crippen LogP contribution is 2.29. The van der Waals surface area contributed by atoms with E-state index in [0.29, 0.717) is 24.5 Å². The summed E-state index contributed by atoms with van der Waals surface area (Å²) in [5.41, 5.74) is 6.38. The van der Waals surface area contributed by atoms with Crippen molar-refractivity contribution in [3.63, 3.8) is 0 Å². The summed E-state index contributed by atoms with van der Waals surface area (Å²) >= 11 is 0. The van der Waals surface area contributed by atoms with Crippen molar-refractivity contribution in [2.24, 2.45) is 10.7 Å². The Balaban J connectivity index is 2.70. The number of hydrogen-bond acceptors (Lipinski definition) is 3. The number of nitrogens with zero attached hydrogens (tertiary/aromatic N) is 1. The molecule has 0 aromatic heterocycles. The quantitative estimate of drug-likeness (QED) is 0.462. The molecule has 6 heteroatoms. The molecule has 5 nitrogen and oxygen atoms in total. The number of nitrogens with one attached hydrogen (secondary N) is 1. The van der Waals surface area contributed by atoms with Gasteiger partial charge in [0, 0.05) is 18.3 Å². The molecule has 0 radical (unpaired) electrons. The van der Waals surface area contributed by atoms with Gasteiger partial charge in [0.15, 0.2) is 17.5 Å². The summed E-state index contributed by atoms with van der Waals surface area (Å²) in [6.07, 6.45) is 0.369.